The molecular formula is C10H9F3S2. The molecule has 1 aromatic rings. The first-order valence-electron chi connectivity index (χ1n) is 4.48. The van der Waals surface area contributed by atoms with Crippen molar-refractivity contribution < 1.29 is 13.2 Å². The van der Waals surface area contributed by atoms with Crippen molar-refractivity contribution in [1.82, 2.24) is 0 Å². The molecule has 0 amide bonds. The topological polar surface area (TPSA) is 0 Å². The van der Waals surface area contributed by atoms with Crippen molar-refractivity contribution in [3.05, 3.63) is 35.4 Å². The molecule has 0 unspecified atom stereocenters. The molecule has 0 aliphatic carbocycles. The third kappa shape index (κ3) is 2.45. The van der Waals surface area contributed by atoms with E-state index in [2.05, 4.69) is 0 Å². The Morgan fingerprint density at radius 1 is 1.07 bits per heavy atom. The summed E-state index contributed by atoms with van der Waals surface area (Å²) in [6.07, 6.45) is -4.24. The summed E-state index contributed by atoms with van der Waals surface area (Å²) >= 11 is 3.18. The molecule has 1 aliphatic heterocycles. The Morgan fingerprint density at radius 3 is 2.27 bits per heavy atom. The Kier molecular flexibility index (Phi) is 3.21. The maximum Gasteiger partial charge on any atom is 0.416 e. The van der Waals surface area contributed by atoms with E-state index in [0.29, 0.717) is 5.56 Å². The molecule has 1 aromatic carbocycles. The van der Waals surface area contributed by atoms with Crippen LogP contribution in [0.1, 0.15) is 15.7 Å². The zero-order chi connectivity index (χ0) is 10.9. The predicted octanol–water partition coefficient (Wildman–Crippen LogP) is 4.18. The van der Waals surface area contributed by atoms with Crippen LogP contribution in [0.5, 0.6) is 0 Å². The Hall–Kier alpha value is -0.290. The van der Waals surface area contributed by atoms with E-state index in [0.717, 1.165) is 17.6 Å². The van der Waals surface area contributed by atoms with Gasteiger partial charge < -0.3 is 0 Å². The number of alkyl halides is 3. The maximum atomic E-state index is 12.7. The van der Waals surface area contributed by atoms with Gasteiger partial charge >= 0.3 is 6.18 Å². The summed E-state index contributed by atoms with van der Waals surface area (Å²) in [6, 6.07) is 5.86. The van der Waals surface area contributed by atoms with Gasteiger partial charge in [-0.05, 0) is 11.6 Å². The van der Waals surface area contributed by atoms with Gasteiger partial charge in [0, 0.05) is 11.5 Å². The quantitative estimate of drug-likeness (QED) is 0.733. The van der Waals surface area contributed by atoms with Gasteiger partial charge in [-0.2, -0.15) is 13.2 Å². The van der Waals surface area contributed by atoms with Crippen LogP contribution >= 0.6 is 23.5 Å². The molecule has 0 saturated carbocycles. The van der Waals surface area contributed by atoms with Crippen LogP contribution in [0.2, 0.25) is 0 Å². The lowest BCUT2D eigenvalue weighted by Crippen LogP contribution is -2.09. The fourth-order valence-electron chi connectivity index (χ4n) is 1.50. The molecule has 1 aliphatic rings. The second-order valence-corrected chi connectivity index (χ2v) is 5.88. The Bertz CT molecular complexity index is 343. The Labute approximate surface area is 94.6 Å². The molecule has 15 heavy (non-hydrogen) atoms. The maximum absolute atomic E-state index is 12.7. The predicted molar refractivity (Wildman–Crippen MR) is 59.1 cm³/mol. The average molecular weight is 250 g/mol. The third-order valence-corrected chi connectivity index (χ3v) is 5.21. The van der Waals surface area contributed by atoms with E-state index in [9.17, 15) is 13.2 Å². The molecule has 0 aromatic heterocycles. The van der Waals surface area contributed by atoms with Gasteiger partial charge in [0.15, 0.2) is 0 Å². The molecule has 0 spiro atoms. The lowest BCUT2D eigenvalue weighted by atomic mass is 10.1. The molecule has 0 N–H and O–H groups in total. The smallest absolute Gasteiger partial charge is 0.166 e. The molecule has 0 bridgehead atoms. The minimum atomic E-state index is -4.24. The van der Waals surface area contributed by atoms with Crippen LogP contribution in [0.15, 0.2) is 24.3 Å². The van der Waals surface area contributed by atoms with Gasteiger partial charge in [-0.25, -0.2) is 0 Å². The summed E-state index contributed by atoms with van der Waals surface area (Å²) in [4.78, 5) is 0. The highest BCUT2D eigenvalue weighted by Crippen LogP contribution is 2.48. The minimum Gasteiger partial charge on any atom is -0.166 e. The fourth-order valence-corrected chi connectivity index (χ4v) is 4.43. The number of halogens is 3. The van der Waals surface area contributed by atoms with Crippen LogP contribution in [0.4, 0.5) is 13.2 Å². The minimum absolute atomic E-state index is 0.0529. The van der Waals surface area contributed by atoms with Gasteiger partial charge in [0.25, 0.3) is 0 Å². The number of benzene rings is 1. The van der Waals surface area contributed by atoms with Gasteiger partial charge in [0.05, 0.1) is 10.1 Å². The molecule has 82 valence electrons. The van der Waals surface area contributed by atoms with Crippen molar-refractivity contribution in [2.75, 3.05) is 11.5 Å². The second-order valence-electron chi connectivity index (χ2n) is 3.16. The van der Waals surface area contributed by atoms with Crippen LogP contribution in [0, 0.1) is 0 Å². The first-order valence-corrected chi connectivity index (χ1v) is 6.58. The Morgan fingerprint density at radius 2 is 1.67 bits per heavy atom. The van der Waals surface area contributed by atoms with E-state index in [1.807, 2.05) is 0 Å². The zero-order valence-electron chi connectivity index (χ0n) is 7.75. The molecule has 2 rings (SSSR count). The van der Waals surface area contributed by atoms with Crippen molar-refractivity contribution in [1.29, 1.82) is 0 Å². The summed E-state index contributed by atoms with van der Waals surface area (Å²) < 4.78 is 38.0. The van der Waals surface area contributed by atoms with Crippen LogP contribution < -0.4 is 0 Å². The van der Waals surface area contributed by atoms with Crippen molar-refractivity contribution >= 4 is 23.5 Å². The van der Waals surface area contributed by atoms with Crippen molar-refractivity contribution in [2.24, 2.45) is 0 Å². The summed E-state index contributed by atoms with van der Waals surface area (Å²) in [5.74, 6) is 1.86. The molecular weight excluding hydrogens is 241 g/mol. The monoisotopic (exact) mass is 250 g/mol. The van der Waals surface area contributed by atoms with Crippen LogP contribution in [0.25, 0.3) is 0 Å². The summed E-state index contributed by atoms with van der Waals surface area (Å²) in [7, 11) is 0. The fraction of sp³-hybridized carbons (Fsp3) is 0.400. The second kappa shape index (κ2) is 4.29. The van der Waals surface area contributed by atoms with E-state index in [1.165, 1.54) is 6.07 Å². The first kappa shape index (κ1) is 11.2. The van der Waals surface area contributed by atoms with Crippen LogP contribution in [-0.2, 0) is 6.18 Å². The highest BCUT2D eigenvalue weighted by atomic mass is 32.2. The van der Waals surface area contributed by atoms with Crippen LogP contribution in [-0.4, -0.2) is 11.5 Å². The van der Waals surface area contributed by atoms with Gasteiger partial charge in [0.1, 0.15) is 0 Å². The number of hydrogen-bond donors (Lipinski definition) is 0. The van der Waals surface area contributed by atoms with E-state index < -0.39 is 11.7 Å². The lowest BCUT2D eigenvalue weighted by molar-refractivity contribution is -0.138. The van der Waals surface area contributed by atoms with E-state index in [1.54, 1.807) is 35.7 Å². The summed E-state index contributed by atoms with van der Waals surface area (Å²) in [5.41, 5.74) is -0.0746. The van der Waals surface area contributed by atoms with Crippen LogP contribution in [0.3, 0.4) is 0 Å². The number of thioether (sulfide) groups is 2. The number of hydrogen-bond acceptors (Lipinski definition) is 2. The van der Waals surface area contributed by atoms with Crippen molar-refractivity contribution in [3.63, 3.8) is 0 Å². The third-order valence-electron chi connectivity index (χ3n) is 2.14. The molecule has 1 saturated heterocycles. The van der Waals surface area contributed by atoms with Gasteiger partial charge in [-0.1, -0.05) is 18.2 Å². The van der Waals surface area contributed by atoms with Gasteiger partial charge in [0.2, 0.25) is 0 Å². The molecule has 0 radical (unpaired) electrons. The standard InChI is InChI=1S/C10H9F3S2/c11-10(12,13)8-4-2-1-3-7(8)9-14-5-6-15-9/h1-4,9H,5-6H2. The van der Waals surface area contributed by atoms with E-state index in [4.69, 9.17) is 0 Å². The molecule has 0 nitrogen and oxygen atoms in total. The zero-order valence-corrected chi connectivity index (χ0v) is 9.38. The highest BCUT2D eigenvalue weighted by molar-refractivity contribution is 8.19. The molecule has 1 fully saturated rings. The first-order chi connectivity index (χ1) is 7.09. The van der Waals surface area contributed by atoms with Gasteiger partial charge in [-0.15, -0.1) is 23.5 Å². The van der Waals surface area contributed by atoms with Crippen molar-refractivity contribution in [3.8, 4) is 0 Å². The largest absolute Gasteiger partial charge is 0.416 e. The van der Waals surface area contributed by atoms with E-state index >= 15 is 0 Å². The highest BCUT2D eigenvalue weighted by Gasteiger charge is 2.35. The van der Waals surface area contributed by atoms with Gasteiger partial charge in [-0.3, -0.25) is 0 Å². The normalized spacial score (nSPS) is 18.3. The lowest BCUT2D eigenvalue weighted by Gasteiger charge is -2.16. The molecule has 1 heterocycles. The summed E-state index contributed by atoms with van der Waals surface area (Å²) in [6.45, 7) is 0. The number of rotatable bonds is 1. The summed E-state index contributed by atoms with van der Waals surface area (Å²) in [5, 5.41) is 0. The average Bonchev–Trinajstić information content (AvgIpc) is 2.69. The Balaban J connectivity index is 2.37. The van der Waals surface area contributed by atoms with Crippen molar-refractivity contribution in [2.45, 2.75) is 10.8 Å². The molecule has 0 atom stereocenters. The molecule has 5 heteroatoms. The SMILES string of the molecule is FC(F)(F)c1ccccc1C1SCCS1. The van der Waals surface area contributed by atoms with E-state index in [-0.39, 0.29) is 4.58 Å².